The summed E-state index contributed by atoms with van der Waals surface area (Å²) in [5.74, 6) is -3.48. The molecule has 0 aliphatic carbocycles. The van der Waals surface area contributed by atoms with Crippen LogP contribution in [0, 0.1) is 17.0 Å². The first-order valence-corrected chi connectivity index (χ1v) is 9.05. The third kappa shape index (κ3) is 5.18. The Morgan fingerprint density at radius 1 is 1.25 bits per heavy atom. The SMILES string of the molecule is N=C/C(C(=O)Nc1cnc(N2N=CCN2)c(Cl)c1)=C(\Nc1ccc(F)cc1F)C(F)(F)F. The number of aromatic nitrogens is 1. The van der Waals surface area contributed by atoms with E-state index in [1.165, 1.54) is 11.2 Å². The van der Waals surface area contributed by atoms with Crippen LogP contribution in [-0.4, -0.2) is 36.0 Å². The van der Waals surface area contributed by atoms with Gasteiger partial charge in [-0.1, -0.05) is 11.6 Å². The van der Waals surface area contributed by atoms with E-state index in [0.717, 1.165) is 18.3 Å². The first-order valence-electron chi connectivity index (χ1n) is 8.67. The van der Waals surface area contributed by atoms with Crippen LogP contribution in [0.3, 0.4) is 0 Å². The van der Waals surface area contributed by atoms with E-state index in [-0.39, 0.29) is 22.7 Å². The van der Waals surface area contributed by atoms with Crippen LogP contribution < -0.4 is 21.2 Å². The highest BCUT2D eigenvalue weighted by atomic mass is 35.5. The topological polar surface area (TPSA) is 106 Å². The molecule has 2 aromatic rings. The maximum atomic E-state index is 13.8. The third-order valence-corrected chi connectivity index (χ3v) is 4.22. The minimum absolute atomic E-state index is 0.0253. The van der Waals surface area contributed by atoms with Gasteiger partial charge in [0.05, 0.1) is 34.7 Å². The minimum atomic E-state index is -5.18. The Bertz CT molecular complexity index is 1120. The van der Waals surface area contributed by atoms with Gasteiger partial charge in [-0.3, -0.25) is 4.79 Å². The molecule has 0 unspecified atom stereocenters. The number of benzene rings is 1. The first kappa shape index (κ1) is 23.1. The van der Waals surface area contributed by atoms with E-state index in [1.807, 2.05) is 0 Å². The fourth-order valence-corrected chi connectivity index (χ4v) is 2.79. The second-order valence-electron chi connectivity index (χ2n) is 6.14. The van der Waals surface area contributed by atoms with Crippen molar-refractivity contribution in [3.05, 3.63) is 58.4 Å². The molecule has 14 heteroatoms. The van der Waals surface area contributed by atoms with Crippen LogP contribution >= 0.6 is 11.6 Å². The van der Waals surface area contributed by atoms with Crippen molar-refractivity contribution in [2.24, 2.45) is 5.10 Å². The lowest BCUT2D eigenvalue weighted by Crippen LogP contribution is -2.29. The number of pyridine rings is 1. The molecule has 4 N–H and O–H groups in total. The number of hydrogen-bond donors (Lipinski definition) is 4. The molecule has 0 saturated carbocycles. The van der Waals surface area contributed by atoms with Gasteiger partial charge >= 0.3 is 6.18 Å². The van der Waals surface area contributed by atoms with Crippen molar-refractivity contribution in [1.29, 1.82) is 5.41 Å². The number of anilines is 3. The van der Waals surface area contributed by atoms with E-state index in [4.69, 9.17) is 17.0 Å². The number of hydrazone groups is 1. The van der Waals surface area contributed by atoms with E-state index in [2.05, 4.69) is 20.8 Å². The van der Waals surface area contributed by atoms with Gasteiger partial charge in [-0.25, -0.2) is 19.2 Å². The Labute approximate surface area is 182 Å². The summed E-state index contributed by atoms with van der Waals surface area (Å²) >= 11 is 6.09. The highest BCUT2D eigenvalue weighted by Gasteiger charge is 2.38. The molecule has 0 saturated heterocycles. The number of carbonyl (C=O) groups is 1. The Kier molecular flexibility index (Phi) is 6.69. The summed E-state index contributed by atoms with van der Waals surface area (Å²) in [6.07, 6.45) is -2.36. The second kappa shape index (κ2) is 9.28. The molecule has 3 rings (SSSR count). The number of nitrogens with zero attached hydrogens (tertiary/aromatic N) is 3. The molecule has 8 nitrogen and oxygen atoms in total. The van der Waals surface area contributed by atoms with Gasteiger partial charge in [0.25, 0.3) is 5.91 Å². The van der Waals surface area contributed by atoms with Gasteiger partial charge < -0.3 is 16.0 Å². The average molecular weight is 474 g/mol. The lowest BCUT2D eigenvalue weighted by atomic mass is 10.1. The monoisotopic (exact) mass is 473 g/mol. The van der Waals surface area contributed by atoms with E-state index in [0.29, 0.717) is 12.6 Å². The van der Waals surface area contributed by atoms with Gasteiger partial charge in [0.15, 0.2) is 5.82 Å². The van der Waals surface area contributed by atoms with E-state index < -0.39 is 40.7 Å². The normalized spacial score (nSPS) is 14.2. The lowest BCUT2D eigenvalue weighted by molar-refractivity contribution is -0.114. The maximum Gasteiger partial charge on any atom is 0.432 e. The molecule has 168 valence electrons. The van der Waals surface area contributed by atoms with Gasteiger partial charge in [-0.05, 0) is 18.2 Å². The van der Waals surface area contributed by atoms with Crippen molar-refractivity contribution >= 4 is 47.1 Å². The second-order valence-corrected chi connectivity index (χ2v) is 6.54. The number of hydrazine groups is 1. The summed E-state index contributed by atoms with van der Waals surface area (Å²) < 4.78 is 67.6. The van der Waals surface area contributed by atoms with Gasteiger partial charge in [0.1, 0.15) is 17.3 Å². The summed E-state index contributed by atoms with van der Waals surface area (Å²) in [7, 11) is 0. The van der Waals surface area contributed by atoms with Crippen molar-refractivity contribution in [3.63, 3.8) is 0 Å². The molecular formula is C18H13ClF5N7O. The van der Waals surface area contributed by atoms with Gasteiger partial charge in [0.2, 0.25) is 0 Å². The third-order valence-electron chi connectivity index (χ3n) is 3.94. The van der Waals surface area contributed by atoms with E-state index in [9.17, 15) is 26.7 Å². The molecule has 32 heavy (non-hydrogen) atoms. The summed E-state index contributed by atoms with van der Waals surface area (Å²) in [6, 6.07) is 3.05. The van der Waals surface area contributed by atoms with E-state index in [1.54, 1.807) is 11.5 Å². The molecule has 0 spiro atoms. The van der Waals surface area contributed by atoms with Crippen molar-refractivity contribution in [3.8, 4) is 0 Å². The van der Waals surface area contributed by atoms with Gasteiger partial charge in [-0.15, -0.1) is 0 Å². The number of nitrogens with one attached hydrogen (secondary N) is 4. The molecule has 1 aromatic carbocycles. The molecule has 0 bridgehead atoms. The van der Waals surface area contributed by atoms with E-state index >= 15 is 0 Å². The zero-order chi connectivity index (χ0) is 23.5. The maximum absolute atomic E-state index is 13.8. The fraction of sp³-hybridized carbons (Fsp3) is 0.111. The van der Waals surface area contributed by atoms with Crippen LogP contribution in [0.15, 0.2) is 46.8 Å². The lowest BCUT2D eigenvalue weighted by Gasteiger charge is -2.18. The van der Waals surface area contributed by atoms with Crippen LogP contribution in [0.1, 0.15) is 0 Å². The summed E-state index contributed by atoms with van der Waals surface area (Å²) in [6.45, 7) is 0.436. The number of alkyl halides is 3. The van der Waals surface area contributed by atoms with Crippen LogP contribution in [0.2, 0.25) is 5.02 Å². The number of halogens is 6. The standard InChI is InChI=1S/C18H13ClF5N7O/c19-12-6-10(8-26-16(12)31-27-3-4-28-31)29-17(32)11(7-25)15(18(22,23)24)30-14-2-1-9(20)5-13(14)21/h1-3,5-8,25,28,30H,4H2,(H,29,32)/b15-11+,25-7?. The van der Waals surface area contributed by atoms with Crippen molar-refractivity contribution in [2.75, 3.05) is 22.3 Å². The quantitative estimate of drug-likeness (QED) is 0.290. The van der Waals surface area contributed by atoms with Crippen LogP contribution in [-0.2, 0) is 4.79 Å². The zero-order valence-electron chi connectivity index (χ0n) is 15.8. The number of amides is 1. The number of hydrogen-bond acceptors (Lipinski definition) is 7. The number of rotatable bonds is 6. The largest absolute Gasteiger partial charge is 0.432 e. The van der Waals surface area contributed by atoms with Crippen LogP contribution in [0.4, 0.5) is 39.1 Å². The zero-order valence-corrected chi connectivity index (χ0v) is 16.5. The Balaban J connectivity index is 1.90. The molecule has 2 heterocycles. The smallest absolute Gasteiger partial charge is 0.348 e. The molecule has 0 fully saturated rings. The van der Waals surface area contributed by atoms with Gasteiger partial charge in [-0.2, -0.15) is 23.4 Å². The Morgan fingerprint density at radius 2 is 2.00 bits per heavy atom. The average Bonchev–Trinajstić information content (AvgIpc) is 3.23. The first-order chi connectivity index (χ1) is 15.1. The van der Waals surface area contributed by atoms with Crippen molar-refractivity contribution in [2.45, 2.75) is 6.18 Å². The highest BCUT2D eigenvalue weighted by molar-refractivity contribution is 6.33. The van der Waals surface area contributed by atoms with Crippen molar-refractivity contribution < 1.29 is 26.7 Å². The summed E-state index contributed by atoms with van der Waals surface area (Å²) in [5, 5.41) is 16.4. The molecule has 0 atom stereocenters. The Hall–Kier alpha value is -3.58. The van der Waals surface area contributed by atoms with Gasteiger partial charge in [0, 0.05) is 18.5 Å². The summed E-state index contributed by atoms with van der Waals surface area (Å²) in [4.78, 5) is 16.5. The minimum Gasteiger partial charge on any atom is -0.348 e. The molecule has 1 aliphatic heterocycles. The number of allylic oxidation sites excluding steroid dienone is 1. The predicted octanol–water partition coefficient (Wildman–Crippen LogP) is 3.84. The van der Waals surface area contributed by atoms with Crippen molar-refractivity contribution in [1.82, 2.24) is 10.4 Å². The Morgan fingerprint density at radius 3 is 2.56 bits per heavy atom. The number of carbonyl (C=O) groups excluding carboxylic acids is 1. The van der Waals surface area contributed by atoms with Crippen LogP contribution in [0.5, 0.6) is 0 Å². The molecule has 0 radical (unpaired) electrons. The summed E-state index contributed by atoms with van der Waals surface area (Å²) in [5.41, 5.74) is -0.870. The molecule has 1 aromatic heterocycles. The predicted molar refractivity (Wildman–Crippen MR) is 109 cm³/mol. The molecule has 1 amide bonds. The highest BCUT2D eigenvalue weighted by Crippen LogP contribution is 2.31. The van der Waals surface area contributed by atoms with Crippen LogP contribution in [0.25, 0.3) is 0 Å². The fourth-order valence-electron chi connectivity index (χ4n) is 2.54. The molecular weight excluding hydrogens is 461 g/mol. The molecule has 1 aliphatic rings.